The van der Waals surface area contributed by atoms with Crippen LogP contribution in [0.15, 0.2) is 47.6 Å². The smallest absolute Gasteiger partial charge is 0.230 e. The zero-order valence-corrected chi connectivity index (χ0v) is 14.8. The Morgan fingerprint density at radius 3 is 2.84 bits per heavy atom. The summed E-state index contributed by atoms with van der Waals surface area (Å²) in [5.41, 5.74) is 3.51. The molecule has 25 heavy (non-hydrogen) atoms. The first-order chi connectivity index (χ1) is 12.2. The Morgan fingerprint density at radius 1 is 1.12 bits per heavy atom. The molecule has 2 N–H and O–H groups in total. The van der Waals surface area contributed by atoms with E-state index in [1.165, 1.54) is 35.7 Å². The molecule has 1 heterocycles. The van der Waals surface area contributed by atoms with Crippen LogP contribution >= 0.6 is 11.8 Å². The molecular formula is C19H21N3O2S. The van der Waals surface area contributed by atoms with Gasteiger partial charge in [0.2, 0.25) is 11.8 Å². The van der Waals surface area contributed by atoms with Gasteiger partial charge < -0.3 is 10.6 Å². The van der Waals surface area contributed by atoms with E-state index >= 15 is 0 Å². The monoisotopic (exact) mass is 355 g/mol. The molecule has 0 radical (unpaired) electrons. The van der Waals surface area contributed by atoms with Crippen LogP contribution in [0.5, 0.6) is 0 Å². The van der Waals surface area contributed by atoms with Gasteiger partial charge in [-0.25, -0.2) is 0 Å². The highest BCUT2D eigenvalue weighted by molar-refractivity contribution is 8.00. The first kappa shape index (κ1) is 17.5. The normalized spacial score (nSPS) is 12.5. The second-order valence-electron chi connectivity index (χ2n) is 5.96. The molecule has 1 aliphatic carbocycles. The number of pyridine rings is 1. The van der Waals surface area contributed by atoms with Crippen LogP contribution in [-0.2, 0) is 22.4 Å². The van der Waals surface area contributed by atoms with Crippen molar-refractivity contribution < 1.29 is 9.59 Å². The van der Waals surface area contributed by atoms with Gasteiger partial charge in [0, 0.05) is 24.1 Å². The van der Waals surface area contributed by atoms with E-state index in [0.717, 1.165) is 11.3 Å². The van der Waals surface area contributed by atoms with Crippen molar-refractivity contribution in [3.8, 4) is 0 Å². The fraction of sp³-hybridized carbons (Fsp3) is 0.316. The third-order valence-corrected chi connectivity index (χ3v) is 5.05. The van der Waals surface area contributed by atoms with Crippen LogP contribution in [0.1, 0.15) is 24.0 Å². The van der Waals surface area contributed by atoms with Crippen molar-refractivity contribution in [2.45, 2.75) is 30.6 Å². The molecule has 0 aliphatic heterocycles. The lowest BCUT2D eigenvalue weighted by molar-refractivity contribution is -0.119. The quantitative estimate of drug-likeness (QED) is 0.749. The number of nitrogens with zero attached hydrogens (tertiary/aromatic N) is 1. The van der Waals surface area contributed by atoms with E-state index in [9.17, 15) is 9.59 Å². The molecule has 0 unspecified atom stereocenters. The Bertz CT molecular complexity index is 750. The highest BCUT2D eigenvalue weighted by Crippen LogP contribution is 2.27. The Hall–Kier alpha value is -2.34. The van der Waals surface area contributed by atoms with Crippen LogP contribution < -0.4 is 10.6 Å². The SMILES string of the molecule is O=C(CSc1ccc2c(c1)CCC2)NCCC(=O)Nc1cccnc1. The number of fused-ring (bicyclic) bond motifs is 1. The molecule has 3 rings (SSSR count). The first-order valence-corrected chi connectivity index (χ1v) is 9.40. The predicted molar refractivity (Wildman–Crippen MR) is 99.7 cm³/mol. The molecule has 2 amide bonds. The van der Waals surface area contributed by atoms with E-state index < -0.39 is 0 Å². The van der Waals surface area contributed by atoms with Gasteiger partial charge in [-0.2, -0.15) is 0 Å². The van der Waals surface area contributed by atoms with E-state index in [-0.39, 0.29) is 18.2 Å². The number of benzene rings is 1. The number of aryl methyl sites for hydroxylation is 2. The van der Waals surface area contributed by atoms with Crippen LogP contribution in [0.25, 0.3) is 0 Å². The van der Waals surface area contributed by atoms with Gasteiger partial charge >= 0.3 is 0 Å². The molecule has 1 aromatic carbocycles. The minimum atomic E-state index is -0.139. The standard InChI is InChI=1S/C19H21N3O2S/c23-18(22-16-5-2-9-20-12-16)8-10-21-19(24)13-25-17-7-6-14-3-1-4-15(14)11-17/h2,5-7,9,11-12H,1,3-4,8,10,13H2,(H,21,24)(H,22,23). The van der Waals surface area contributed by atoms with Gasteiger partial charge in [0.05, 0.1) is 17.6 Å². The average molecular weight is 355 g/mol. The van der Waals surface area contributed by atoms with E-state index in [2.05, 4.69) is 33.8 Å². The molecule has 1 aromatic heterocycles. The van der Waals surface area contributed by atoms with Gasteiger partial charge in [-0.15, -0.1) is 11.8 Å². The Morgan fingerprint density at radius 2 is 2.00 bits per heavy atom. The number of nitrogens with one attached hydrogen (secondary N) is 2. The van der Waals surface area contributed by atoms with Crippen molar-refractivity contribution in [2.75, 3.05) is 17.6 Å². The Balaban J connectivity index is 1.35. The number of hydrogen-bond acceptors (Lipinski definition) is 4. The van der Waals surface area contributed by atoms with Crippen molar-refractivity contribution in [3.63, 3.8) is 0 Å². The molecule has 2 aromatic rings. The lowest BCUT2D eigenvalue weighted by Gasteiger charge is -2.07. The zero-order valence-electron chi connectivity index (χ0n) is 14.0. The van der Waals surface area contributed by atoms with Crippen molar-refractivity contribution in [3.05, 3.63) is 53.9 Å². The molecule has 5 nitrogen and oxygen atoms in total. The average Bonchev–Trinajstić information content (AvgIpc) is 3.08. The van der Waals surface area contributed by atoms with Gasteiger partial charge in [-0.05, 0) is 54.7 Å². The maximum atomic E-state index is 11.9. The fourth-order valence-electron chi connectivity index (χ4n) is 2.81. The van der Waals surface area contributed by atoms with Crippen LogP contribution in [0.2, 0.25) is 0 Å². The van der Waals surface area contributed by atoms with Crippen LogP contribution in [0.3, 0.4) is 0 Å². The van der Waals surface area contributed by atoms with E-state index in [0.29, 0.717) is 18.0 Å². The largest absolute Gasteiger partial charge is 0.355 e. The number of hydrogen-bond donors (Lipinski definition) is 2. The minimum absolute atomic E-state index is 0.0559. The third-order valence-electron chi connectivity index (χ3n) is 4.06. The highest BCUT2D eigenvalue weighted by Gasteiger charge is 2.11. The van der Waals surface area contributed by atoms with Gasteiger partial charge in [0.25, 0.3) is 0 Å². The van der Waals surface area contributed by atoms with Crippen molar-refractivity contribution >= 4 is 29.3 Å². The van der Waals surface area contributed by atoms with Crippen LogP contribution in [0, 0.1) is 0 Å². The molecular weight excluding hydrogens is 334 g/mol. The number of anilines is 1. The van der Waals surface area contributed by atoms with E-state index in [4.69, 9.17) is 0 Å². The molecule has 0 saturated carbocycles. The van der Waals surface area contributed by atoms with Crippen molar-refractivity contribution in [2.24, 2.45) is 0 Å². The molecule has 0 atom stereocenters. The Labute approximate surface area is 151 Å². The van der Waals surface area contributed by atoms with Gasteiger partial charge in [0.15, 0.2) is 0 Å². The van der Waals surface area contributed by atoms with E-state index in [1.807, 2.05) is 0 Å². The van der Waals surface area contributed by atoms with Gasteiger partial charge in [-0.1, -0.05) is 6.07 Å². The summed E-state index contributed by atoms with van der Waals surface area (Å²) in [7, 11) is 0. The number of aromatic nitrogens is 1. The molecule has 0 bridgehead atoms. The Kier molecular flexibility index (Phi) is 6.06. The summed E-state index contributed by atoms with van der Waals surface area (Å²) < 4.78 is 0. The first-order valence-electron chi connectivity index (χ1n) is 8.42. The summed E-state index contributed by atoms with van der Waals surface area (Å²) in [6, 6.07) is 9.99. The number of carbonyl (C=O) groups is 2. The molecule has 0 saturated heterocycles. The summed E-state index contributed by atoms with van der Waals surface area (Å²) in [4.78, 5) is 28.8. The second-order valence-corrected chi connectivity index (χ2v) is 7.01. The molecule has 1 aliphatic rings. The molecule has 130 valence electrons. The van der Waals surface area contributed by atoms with Gasteiger partial charge in [0.1, 0.15) is 0 Å². The maximum Gasteiger partial charge on any atom is 0.230 e. The summed E-state index contributed by atoms with van der Waals surface area (Å²) >= 11 is 1.54. The maximum absolute atomic E-state index is 11.9. The summed E-state index contributed by atoms with van der Waals surface area (Å²) in [6.45, 7) is 0.329. The van der Waals surface area contributed by atoms with E-state index in [1.54, 1.807) is 24.5 Å². The summed E-state index contributed by atoms with van der Waals surface area (Å²) in [5.74, 6) is 0.169. The number of rotatable bonds is 7. The lowest BCUT2D eigenvalue weighted by atomic mass is 10.1. The second kappa shape index (κ2) is 8.67. The number of carbonyl (C=O) groups excluding carboxylic acids is 2. The van der Waals surface area contributed by atoms with Gasteiger partial charge in [-0.3, -0.25) is 14.6 Å². The lowest BCUT2D eigenvalue weighted by Crippen LogP contribution is -2.29. The fourth-order valence-corrected chi connectivity index (χ4v) is 3.60. The molecule has 6 heteroatoms. The summed E-state index contributed by atoms with van der Waals surface area (Å²) in [6.07, 6.45) is 7.01. The van der Waals surface area contributed by atoms with Crippen LogP contribution in [0.4, 0.5) is 5.69 Å². The van der Waals surface area contributed by atoms with Crippen molar-refractivity contribution in [1.29, 1.82) is 0 Å². The molecule has 0 spiro atoms. The minimum Gasteiger partial charge on any atom is -0.355 e. The summed E-state index contributed by atoms with van der Waals surface area (Å²) in [5, 5.41) is 5.53. The predicted octanol–water partition coefficient (Wildman–Crippen LogP) is 2.81. The topological polar surface area (TPSA) is 71.1 Å². The highest BCUT2D eigenvalue weighted by atomic mass is 32.2. The zero-order chi connectivity index (χ0) is 17.5. The van der Waals surface area contributed by atoms with Crippen molar-refractivity contribution in [1.82, 2.24) is 10.3 Å². The third kappa shape index (κ3) is 5.32. The van der Waals surface area contributed by atoms with Crippen LogP contribution in [-0.4, -0.2) is 29.1 Å². The molecule has 0 fully saturated rings. The number of thioether (sulfide) groups is 1. The number of amides is 2.